The van der Waals surface area contributed by atoms with Crippen molar-refractivity contribution in [1.29, 1.82) is 0 Å². The predicted molar refractivity (Wildman–Crippen MR) is 51.4 cm³/mol. The first kappa shape index (κ1) is 12.4. The highest BCUT2D eigenvalue weighted by molar-refractivity contribution is 7.86. The van der Waals surface area contributed by atoms with Crippen molar-refractivity contribution in [3.8, 4) is 0 Å². The summed E-state index contributed by atoms with van der Waals surface area (Å²) in [5.74, 6) is -1.24. The van der Waals surface area contributed by atoms with Gasteiger partial charge in [0, 0.05) is 27.1 Å². The lowest BCUT2D eigenvalue weighted by Crippen LogP contribution is -2.46. The zero-order valence-electron chi connectivity index (χ0n) is 8.49. The highest BCUT2D eigenvalue weighted by Gasteiger charge is 2.43. The van der Waals surface area contributed by atoms with Crippen molar-refractivity contribution in [2.45, 2.75) is 18.6 Å². The van der Waals surface area contributed by atoms with Gasteiger partial charge in [-0.05, 0) is 0 Å². The molecule has 0 bridgehead atoms. The van der Waals surface area contributed by atoms with E-state index in [0.717, 1.165) is 8.61 Å². The maximum absolute atomic E-state index is 11.7. The van der Waals surface area contributed by atoms with E-state index in [1.54, 1.807) is 0 Å². The molecule has 2 N–H and O–H groups in total. The number of rotatable bonds is 3. The Kier molecular flexibility index (Phi) is 3.34. The molecule has 8 heteroatoms. The summed E-state index contributed by atoms with van der Waals surface area (Å²) in [6.07, 6.45) is -0.983. The van der Waals surface area contributed by atoms with Gasteiger partial charge in [-0.2, -0.15) is 17.0 Å². The van der Waals surface area contributed by atoms with E-state index in [1.807, 2.05) is 0 Å². The molecule has 0 aromatic rings. The number of hydrogen-bond donors (Lipinski definition) is 2. The van der Waals surface area contributed by atoms with Crippen LogP contribution in [-0.2, 0) is 15.0 Å². The average Bonchev–Trinajstić information content (AvgIpc) is 2.47. The number of aliphatic hydroxyl groups excluding tert-OH is 1. The Hall–Kier alpha value is -0.700. The lowest BCUT2D eigenvalue weighted by atomic mass is 10.2. The Morgan fingerprint density at radius 2 is 2.00 bits per heavy atom. The molecule has 88 valence electrons. The van der Waals surface area contributed by atoms with Crippen molar-refractivity contribution in [3.63, 3.8) is 0 Å². The first-order chi connectivity index (χ1) is 6.76. The summed E-state index contributed by atoms with van der Waals surface area (Å²) in [6.45, 7) is -0.169. The van der Waals surface area contributed by atoms with Gasteiger partial charge in [0.1, 0.15) is 6.04 Å². The minimum absolute atomic E-state index is 0.0671. The van der Waals surface area contributed by atoms with Crippen LogP contribution in [0.1, 0.15) is 6.42 Å². The maximum atomic E-state index is 11.7. The van der Waals surface area contributed by atoms with Crippen LogP contribution in [0.3, 0.4) is 0 Å². The summed E-state index contributed by atoms with van der Waals surface area (Å²) in [5, 5.41) is 18.1. The van der Waals surface area contributed by atoms with E-state index >= 15 is 0 Å². The van der Waals surface area contributed by atoms with Crippen molar-refractivity contribution in [1.82, 2.24) is 8.61 Å². The number of hydrogen-bond acceptors (Lipinski definition) is 4. The van der Waals surface area contributed by atoms with E-state index in [9.17, 15) is 18.3 Å². The lowest BCUT2D eigenvalue weighted by molar-refractivity contribution is -0.140. The monoisotopic (exact) mass is 238 g/mol. The van der Waals surface area contributed by atoms with Crippen molar-refractivity contribution in [2.24, 2.45) is 0 Å². The molecule has 0 aliphatic carbocycles. The topological polar surface area (TPSA) is 98.2 Å². The van der Waals surface area contributed by atoms with Gasteiger partial charge in [0.15, 0.2) is 0 Å². The highest BCUT2D eigenvalue weighted by Crippen LogP contribution is 2.22. The molecule has 2 atom stereocenters. The van der Waals surface area contributed by atoms with Gasteiger partial charge < -0.3 is 10.2 Å². The molecule has 1 rings (SSSR count). The third kappa shape index (κ3) is 2.28. The number of carboxylic acid groups (broad SMARTS) is 1. The van der Waals surface area contributed by atoms with Crippen LogP contribution in [0.5, 0.6) is 0 Å². The smallest absolute Gasteiger partial charge is 0.322 e. The van der Waals surface area contributed by atoms with Crippen molar-refractivity contribution >= 4 is 16.2 Å². The minimum atomic E-state index is -3.78. The molecule has 1 aliphatic rings. The van der Waals surface area contributed by atoms with Crippen LogP contribution < -0.4 is 0 Å². The summed E-state index contributed by atoms with van der Waals surface area (Å²) in [4.78, 5) is 10.8. The van der Waals surface area contributed by atoms with Crippen LogP contribution in [0.15, 0.2) is 0 Å². The van der Waals surface area contributed by atoms with Crippen molar-refractivity contribution < 1.29 is 23.4 Å². The summed E-state index contributed by atoms with van der Waals surface area (Å²) in [6, 6.07) is -1.17. The number of carboxylic acids is 1. The molecule has 1 heterocycles. The Balaban J connectivity index is 2.99. The molecule has 0 spiro atoms. The van der Waals surface area contributed by atoms with Gasteiger partial charge in [-0.15, -0.1) is 0 Å². The van der Waals surface area contributed by atoms with Gasteiger partial charge in [0.05, 0.1) is 6.10 Å². The second kappa shape index (κ2) is 4.05. The first-order valence-corrected chi connectivity index (χ1v) is 5.76. The lowest BCUT2D eigenvalue weighted by Gasteiger charge is -2.24. The average molecular weight is 238 g/mol. The fourth-order valence-corrected chi connectivity index (χ4v) is 2.75. The molecule has 0 radical (unpaired) electrons. The van der Waals surface area contributed by atoms with Gasteiger partial charge in [0.2, 0.25) is 0 Å². The second-order valence-electron chi connectivity index (χ2n) is 3.60. The molecule has 1 aliphatic heterocycles. The molecule has 7 nitrogen and oxygen atoms in total. The fraction of sp³-hybridized carbons (Fsp3) is 0.857. The molecule has 0 aromatic carbocycles. The number of β-amino-alcohol motifs (C(OH)–C–C–N with tert-alkyl or cyclic N) is 1. The zero-order valence-corrected chi connectivity index (χ0v) is 9.31. The van der Waals surface area contributed by atoms with Crippen molar-refractivity contribution in [2.75, 3.05) is 20.6 Å². The SMILES string of the molecule is CN(C)S(=O)(=O)N1C[C@H](O)C[C@H]1C(=O)O. The Morgan fingerprint density at radius 1 is 1.47 bits per heavy atom. The second-order valence-corrected chi connectivity index (χ2v) is 5.70. The number of nitrogens with zero attached hydrogens (tertiary/aromatic N) is 2. The molecule has 1 saturated heterocycles. The Morgan fingerprint density at radius 3 is 2.40 bits per heavy atom. The van der Waals surface area contributed by atoms with Crippen LogP contribution in [-0.4, -0.2) is 66.0 Å². The number of carbonyl (C=O) groups is 1. The standard InChI is InChI=1S/C7H14N2O5S/c1-8(2)15(13,14)9-4-5(10)3-6(9)7(11)12/h5-6,10H,3-4H2,1-2H3,(H,11,12)/t5-,6+/m1/s1. The van der Waals surface area contributed by atoms with Gasteiger partial charge in [-0.3, -0.25) is 4.79 Å². The van der Waals surface area contributed by atoms with Crippen LogP contribution in [0, 0.1) is 0 Å². The van der Waals surface area contributed by atoms with E-state index in [-0.39, 0.29) is 13.0 Å². The normalized spacial score (nSPS) is 28.5. The van der Waals surface area contributed by atoms with E-state index < -0.39 is 28.3 Å². The summed E-state index contributed by atoms with van der Waals surface area (Å²) >= 11 is 0. The minimum Gasteiger partial charge on any atom is -0.480 e. The van der Waals surface area contributed by atoms with E-state index in [0.29, 0.717) is 0 Å². The van der Waals surface area contributed by atoms with Crippen LogP contribution >= 0.6 is 0 Å². The third-order valence-corrected chi connectivity index (χ3v) is 4.20. The molecule has 1 fully saturated rings. The number of aliphatic hydroxyl groups is 1. The summed E-state index contributed by atoms with van der Waals surface area (Å²) in [7, 11) is -1.14. The Labute approximate surface area is 88.1 Å². The molecular weight excluding hydrogens is 224 g/mol. The van der Waals surface area contributed by atoms with E-state index in [2.05, 4.69) is 0 Å². The molecule has 15 heavy (non-hydrogen) atoms. The highest BCUT2D eigenvalue weighted by atomic mass is 32.2. The van der Waals surface area contributed by atoms with E-state index in [1.165, 1.54) is 14.1 Å². The third-order valence-electron chi connectivity index (χ3n) is 2.28. The van der Waals surface area contributed by atoms with Gasteiger partial charge in [-0.25, -0.2) is 0 Å². The van der Waals surface area contributed by atoms with Crippen molar-refractivity contribution in [3.05, 3.63) is 0 Å². The van der Waals surface area contributed by atoms with Crippen LogP contribution in [0.4, 0.5) is 0 Å². The van der Waals surface area contributed by atoms with Gasteiger partial charge in [0.25, 0.3) is 10.2 Å². The quantitative estimate of drug-likeness (QED) is 0.611. The number of aliphatic carboxylic acids is 1. The first-order valence-electron chi connectivity index (χ1n) is 4.37. The molecule has 0 aromatic heterocycles. The molecule has 0 amide bonds. The molecule has 0 unspecified atom stereocenters. The van der Waals surface area contributed by atoms with Crippen LogP contribution in [0.2, 0.25) is 0 Å². The largest absolute Gasteiger partial charge is 0.480 e. The van der Waals surface area contributed by atoms with Crippen LogP contribution in [0.25, 0.3) is 0 Å². The van der Waals surface area contributed by atoms with E-state index in [4.69, 9.17) is 5.11 Å². The predicted octanol–water partition coefficient (Wildman–Crippen LogP) is -1.69. The summed E-state index contributed by atoms with van der Waals surface area (Å²) < 4.78 is 25.1. The zero-order chi connectivity index (χ0) is 11.8. The molecule has 0 saturated carbocycles. The van der Waals surface area contributed by atoms with Gasteiger partial charge >= 0.3 is 5.97 Å². The van der Waals surface area contributed by atoms with Gasteiger partial charge in [-0.1, -0.05) is 0 Å². The summed E-state index contributed by atoms with van der Waals surface area (Å²) in [5.41, 5.74) is 0. The Bertz CT molecular complexity index is 352. The maximum Gasteiger partial charge on any atom is 0.322 e. The fourth-order valence-electron chi connectivity index (χ4n) is 1.47. The molecular formula is C7H14N2O5S.